The minimum absolute atomic E-state index is 0.0199. The normalized spacial score (nSPS) is 10.2. The number of phenols is 1. The van der Waals surface area contributed by atoms with Gasteiger partial charge in [0.05, 0.1) is 11.3 Å². The van der Waals surface area contributed by atoms with Gasteiger partial charge in [0.25, 0.3) is 11.8 Å². The van der Waals surface area contributed by atoms with E-state index in [9.17, 15) is 19.5 Å². The smallest absolute Gasteiger partial charge is 0.342 e. The fourth-order valence-electron chi connectivity index (χ4n) is 2.88. The molecule has 0 aromatic heterocycles. The van der Waals surface area contributed by atoms with Crippen LogP contribution in [0.2, 0.25) is 0 Å². The number of carbonyl (C=O) groups excluding carboxylic acids is 3. The number of hydrogen-bond donors (Lipinski definition) is 3. The molecule has 0 aliphatic heterocycles. The van der Waals surface area contributed by atoms with Gasteiger partial charge in [0.2, 0.25) is 0 Å². The van der Waals surface area contributed by atoms with Gasteiger partial charge in [0.15, 0.2) is 6.61 Å². The van der Waals surface area contributed by atoms with Crippen molar-refractivity contribution in [2.24, 2.45) is 0 Å². The molecule has 3 aromatic rings. The maximum Gasteiger partial charge on any atom is 0.342 e. The Hall–Kier alpha value is -4.13. The Morgan fingerprint density at radius 3 is 2.32 bits per heavy atom. The molecule has 0 saturated carbocycles. The number of nitrogens with one attached hydrogen (secondary N) is 2. The molecule has 31 heavy (non-hydrogen) atoms. The van der Waals surface area contributed by atoms with Crippen LogP contribution in [0.5, 0.6) is 5.75 Å². The van der Waals surface area contributed by atoms with E-state index in [4.69, 9.17) is 4.74 Å². The molecule has 3 rings (SSSR count). The summed E-state index contributed by atoms with van der Waals surface area (Å²) in [4.78, 5) is 37.0. The Morgan fingerprint density at radius 1 is 0.871 bits per heavy atom. The van der Waals surface area contributed by atoms with Crippen LogP contribution in [0, 0.1) is 6.92 Å². The van der Waals surface area contributed by atoms with E-state index in [0.717, 1.165) is 5.56 Å². The number of aromatic hydroxyl groups is 1. The van der Waals surface area contributed by atoms with Crippen LogP contribution in [0.25, 0.3) is 0 Å². The van der Waals surface area contributed by atoms with Crippen LogP contribution in [0.15, 0.2) is 72.8 Å². The highest BCUT2D eigenvalue weighted by Crippen LogP contribution is 2.22. The standard InChI is InChI=1S/C24H22N2O5/c1-16-8-7-12-19(22(16)28)24(30)31-15-21(27)26-20-13-6-5-11-18(20)23(29)25-14-17-9-3-2-4-10-17/h2-13,28H,14-15H2,1H3,(H,25,29)(H,26,27). The highest BCUT2D eigenvalue weighted by atomic mass is 16.5. The molecule has 158 valence electrons. The van der Waals surface area contributed by atoms with E-state index in [-0.39, 0.29) is 22.8 Å². The SMILES string of the molecule is Cc1cccc(C(=O)OCC(=O)Nc2ccccc2C(=O)NCc2ccccc2)c1O. The first-order chi connectivity index (χ1) is 15.0. The number of aryl methyl sites for hydroxylation is 1. The second-order valence-electron chi connectivity index (χ2n) is 6.81. The van der Waals surface area contributed by atoms with E-state index >= 15 is 0 Å². The lowest BCUT2D eigenvalue weighted by molar-refractivity contribution is -0.119. The van der Waals surface area contributed by atoms with Crippen molar-refractivity contribution in [3.05, 3.63) is 95.1 Å². The van der Waals surface area contributed by atoms with Gasteiger partial charge in [-0.3, -0.25) is 9.59 Å². The third-order valence-corrected chi connectivity index (χ3v) is 4.53. The number of phenolic OH excluding ortho intramolecular Hbond substituents is 1. The van der Waals surface area contributed by atoms with Crippen LogP contribution >= 0.6 is 0 Å². The molecule has 0 heterocycles. The van der Waals surface area contributed by atoms with Crippen molar-refractivity contribution in [2.75, 3.05) is 11.9 Å². The van der Waals surface area contributed by atoms with Gasteiger partial charge in [-0.15, -0.1) is 0 Å². The molecule has 0 spiro atoms. The second kappa shape index (κ2) is 10.1. The maximum absolute atomic E-state index is 12.6. The molecular weight excluding hydrogens is 396 g/mol. The zero-order valence-electron chi connectivity index (χ0n) is 16.9. The molecule has 0 aliphatic carbocycles. The van der Waals surface area contributed by atoms with Gasteiger partial charge in [-0.2, -0.15) is 0 Å². The monoisotopic (exact) mass is 418 g/mol. The van der Waals surface area contributed by atoms with Crippen LogP contribution in [0.4, 0.5) is 5.69 Å². The third-order valence-electron chi connectivity index (χ3n) is 4.53. The van der Waals surface area contributed by atoms with Crippen molar-refractivity contribution >= 4 is 23.5 Å². The first-order valence-electron chi connectivity index (χ1n) is 9.62. The van der Waals surface area contributed by atoms with Crippen molar-refractivity contribution in [1.82, 2.24) is 5.32 Å². The molecule has 7 nitrogen and oxygen atoms in total. The summed E-state index contributed by atoms with van der Waals surface area (Å²) in [5.41, 5.74) is 2.04. The van der Waals surface area contributed by atoms with Crippen molar-refractivity contribution in [2.45, 2.75) is 13.5 Å². The lowest BCUT2D eigenvalue weighted by atomic mass is 10.1. The minimum Gasteiger partial charge on any atom is -0.507 e. The third kappa shape index (κ3) is 5.70. The van der Waals surface area contributed by atoms with Gasteiger partial charge < -0.3 is 20.5 Å². The largest absolute Gasteiger partial charge is 0.507 e. The molecular formula is C24H22N2O5. The van der Waals surface area contributed by atoms with Gasteiger partial charge in [0.1, 0.15) is 11.3 Å². The van der Waals surface area contributed by atoms with Gasteiger partial charge in [0, 0.05) is 6.54 Å². The Labute approximate surface area is 179 Å². The predicted octanol–water partition coefficient (Wildman–Crippen LogP) is 3.43. The minimum atomic E-state index is -0.815. The number of benzene rings is 3. The number of amides is 2. The van der Waals surface area contributed by atoms with Crippen LogP contribution in [0.3, 0.4) is 0 Å². The summed E-state index contributed by atoms with van der Waals surface area (Å²) >= 11 is 0. The molecule has 0 unspecified atom stereocenters. The van der Waals surface area contributed by atoms with E-state index in [1.54, 1.807) is 43.3 Å². The topological polar surface area (TPSA) is 105 Å². The Balaban J connectivity index is 1.59. The summed E-state index contributed by atoms with van der Waals surface area (Å²) in [6.45, 7) is 1.43. The van der Waals surface area contributed by atoms with Crippen molar-refractivity contribution in [3.63, 3.8) is 0 Å². The van der Waals surface area contributed by atoms with Crippen LogP contribution in [0.1, 0.15) is 31.8 Å². The molecule has 3 aromatic carbocycles. The summed E-state index contributed by atoms with van der Waals surface area (Å²) in [6, 6.07) is 20.7. The number of ether oxygens (including phenoxy) is 1. The average molecular weight is 418 g/mol. The summed E-state index contributed by atoms with van der Waals surface area (Å²) in [5.74, 6) is -1.95. The van der Waals surface area contributed by atoms with Gasteiger partial charge in [-0.25, -0.2) is 4.79 Å². The maximum atomic E-state index is 12.6. The van der Waals surface area contributed by atoms with Crippen LogP contribution < -0.4 is 10.6 Å². The molecule has 0 atom stereocenters. The number of para-hydroxylation sites is 2. The Bertz CT molecular complexity index is 1100. The first kappa shape index (κ1) is 21.6. The zero-order valence-corrected chi connectivity index (χ0v) is 16.9. The number of carbonyl (C=O) groups is 3. The molecule has 3 N–H and O–H groups in total. The molecule has 0 aliphatic rings. The number of rotatable bonds is 7. The fraction of sp³-hybridized carbons (Fsp3) is 0.125. The van der Waals surface area contributed by atoms with E-state index in [1.165, 1.54) is 6.07 Å². The molecule has 0 saturated heterocycles. The van der Waals surface area contributed by atoms with E-state index in [1.807, 2.05) is 30.3 Å². The lowest BCUT2D eigenvalue weighted by Crippen LogP contribution is -2.26. The molecule has 0 radical (unpaired) electrons. The number of hydrogen-bond acceptors (Lipinski definition) is 5. The van der Waals surface area contributed by atoms with Crippen LogP contribution in [-0.2, 0) is 16.1 Å². The molecule has 7 heteroatoms. The Morgan fingerprint density at radius 2 is 1.55 bits per heavy atom. The van der Waals surface area contributed by atoms with E-state index in [0.29, 0.717) is 17.8 Å². The van der Waals surface area contributed by atoms with Gasteiger partial charge in [-0.05, 0) is 36.2 Å². The molecule has 0 bridgehead atoms. The molecule has 0 fully saturated rings. The summed E-state index contributed by atoms with van der Waals surface area (Å²) in [5, 5.41) is 15.3. The number of anilines is 1. The van der Waals surface area contributed by atoms with E-state index < -0.39 is 18.5 Å². The van der Waals surface area contributed by atoms with Crippen LogP contribution in [-0.4, -0.2) is 29.5 Å². The van der Waals surface area contributed by atoms with Crippen molar-refractivity contribution in [1.29, 1.82) is 0 Å². The van der Waals surface area contributed by atoms with Gasteiger partial charge in [-0.1, -0.05) is 54.6 Å². The first-order valence-corrected chi connectivity index (χ1v) is 9.62. The summed E-state index contributed by atoms with van der Waals surface area (Å²) < 4.78 is 4.99. The van der Waals surface area contributed by atoms with Crippen molar-refractivity contribution < 1.29 is 24.2 Å². The highest BCUT2D eigenvalue weighted by Gasteiger charge is 2.17. The second-order valence-corrected chi connectivity index (χ2v) is 6.81. The quantitative estimate of drug-likeness (QED) is 0.510. The lowest BCUT2D eigenvalue weighted by Gasteiger charge is -2.12. The zero-order chi connectivity index (χ0) is 22.2. The van der Waals surface area contributed by atoms with Crippen molar-refractivity contribution in [3.8, 4) is 5.75 Å². The van der Waals surface area contributed by atoms with Gasteiger partial charge >= 0.3 is 5.97 Å². The summed E-state index contributed by atoms with van der Waals surface area (Å²) in [6.07, 6.45) is 0. The molecule has 2 amide bonds. The van der Waals surface area contributed by atoms with E-state index in [2.05, 4.69) is 10.6 Å². The number of esters is 1. The highest BCUT2D eigenvalue weighted by molar-refractivity contribution is 6.04. The summed E-state index contributed by atoms with van der Waals surface area (Å²) in [7, 11) is 0. The fourth-order valence-corrected chi connectivity index (χ4v) is 2.88. The Kier molecular flexibility index (Phi) is 7.01. The average Bonchev–Trinajstić information content (AvgIpc) is 2.78. The predicted molar refractivity (Wildman–Crippen MR) is 116 cm³/mol.